The molecule has 0 N–H and O–H groups in total. The summed E-state index contributed by atoms with van der Waals surface area (Å²) in [5.41, 5.74) is 0. The Balaban J connectivity index is 2.52. The Kier molecular flexibility index (Phi) is 4.60. The molecule has 0 aliphatic heterocycles. The first-order valence-corrected chi connectivity index (χ1v) is 9.32. The van der Waals surface area contributed by atoms with E-state index >= 15 is 0 Å². The van der Waals surface area contributed by atoms with Gasteiger partial charge in [0.2, 0.25) is 0 Å². The lowest BCUT2D eigenvalue weighted by atomic mass is 10.1. The van der Waals surface area contributed by atoms with Crippen LogP contribution in [0.1, 0.15) is 0 Å². The van der Waals surface area contributed by atoms with Crippen LogP contribution in [0.5, 0.6) is 5.75 Å². The van der Waals surface area contributed by atoms with Crippen molar-refractivity contribution in [2.24, 2.45) is 0 Å². The Bertz CT molecular complexity index is 683. The van der Waals surface area contributed by atoms with Gasteiger partial charge in [-0.05, 0) is 18.4 Å². The topological polar surface area (TPSA) is 43.4 Å². The van der Waals surface area contributed by atoms with Crippen LogP contribution in [-0.2, 0) is 9.05 Å². The number of ether oxygens (including phenoxy) is 1. The minimum Gasteiger partial charge on any atom is -0.492 e. The van der Waals surface area contributed by atoms with Crippen LogP contribution >= 0.6 is 22.4 Å². The van der Waals surface area contributed by atoms with Gasteiger partial charge in [-0.3, -0.25) is 0 Å². The molecule has 6 heteroatoms. The smallest absolute Gasteiger partial charge is 0.261 e. The second kappa shape index (κ2) is 6.03. The lowest BCUT2D eigenvalue weighted by Crippen LogP contribution is -2.01. The molecule has 0 fully saturated rings. The molecule has 2 aromatic carbocycles. The van der Waals surface area contributed by atoms with E-state index in [-0.39, 0.29) is 4.90 Å². The largest absolute Gasteiger partial charge is 0.492 e. The molecular formula is C13H13ClO3S2. The number of hydrogen-bond donors (Lipinski definition) is 0. The van der Waals surface area contributed by atoms with Crippen LogP contribution in [0.4, 0.5) is 0 Å². The Labute approximate surface area is 121 Å². The highest BCUT2D eigenvalue weighted by Gasteiger charge is 2.16. The summed E-state index contributed by atoms with van der Waals surface area (Å²) in [6.45, 7) is 0.581. The van der Waals surface area contributed by atoms with E-state index in [1.165, 1.54) is 6.07 Å². The minimum absolute atomic E-state index is 0.113. The Hall–Kier alpha value is -0.910. The van der Waals surface area contributed by atoms with Gasteiger partial charge in [-0.25, -0.2) is 8.42 Å². The fraction of sp³-hybridized carbons (Fsp3) is 0.231. The van der Waals surface area contributed by atoms with Gasteiger partial charge in [-0.2, -0.15) is 11.8 Å². The van der Waals surface area contributed by atoms with Crippen molar-refractivity contribution in [2.75, 3.05) is 18.6 Å². The normalized spacial score (nSPS) is 11.7. The summed E-state index contributed by atoms with van der Waals surface area (Å²) in [7, 11) is 1.69. The lowest BCUT2D eigenvalue weighted by Gasteiger charge is -2.10. The van der Waals surface area contributed by atoms with Crippen LogP contribution in [0, 0.1) is 0 Å². The molecule has 0 spiro atoms. The zero-order valence-corrected chi connectivity index (χ0v) is 12.7. The van der Waals surface area contributed by atoms with Gasteiger partial charge in [0.15, 0.2) is 0 Å². The predicted octanol–water partition coefficient (Wildman–Crippen LogP) is 3.51. The molecule has 0 heterocycles. The molecule has 0 unspecified atom stereocenters. The molecule has 0 saturated heterocycles. The second-order valence-electron chi connectivity index (χ2n) is 3.89. The van der Waals surface area contributed by atoms with E-state index in [4.69, 9.17) is 15.4 Å². The summed E-state index contributed by atoms with van der Waals surface area (Å²) in [5.74, 6) is 1.55. The first-order chi connectivity index (χ1) is 9.04. The number of benzene rings is 2. The van der Waals surface area contributed by atoms with Crippen molar-refractivity contribution in [3.8, 4) is 5.75 Å². The van der Waals surface area contributed by atoms with E-state index in [1.807, 2.05) is 18.4 Å². The van der Waals surface area contributed by atoms with E-state index in [1.54, 1.807) is 30.0 Å². The van der Waals surface area contributed by atoms with Crippen LogP contribution in [0.15, 0.2) is 41.3 Å². The fourth-order valence-electron chi connectivity index (χ4n) is 1.82. The third-order valence-corrected chi connectivity index (χ3v) is 4.61. The molecule has 2 aromatic rings. The molecule has 102 valence electrons. The molecule has 0 radical (unpaired) electrons. The molecule has 0 aliphatic rings. The molecule has 2 rings (SSSR count). The zero-order chi connectivity index (χ0) is 13.9. The van der Waals surface area contributed by atoms with E-state index < -0.39 is 9.05 Å². The van der Waals surface area contributed by atoms with Gasteiger partial charge < -0.3 is 4.74 Å². The highest BCUT2D eigenvalue weighted by atomic mass is 35.7. The van der Waals surface area contributed by atoms with Gasteiger partial charge in [0.25, 0.3) is 9.05 Å². The highest BCUT2D eigenvalue weighted by Crippen LogP contribution is 2.32. The van der Waals surface area contributed by atoms with Crippen LogP contribution in [-0.4, -0.2) is 27.0 Å². The molecule has 3 nitrogen and oxygen atoms in total. The van der Waals surface area contributed by atoms with Crippen LogP contribution in [0.3, 0.4) is 0 Å². The van der Waals surface area contributed by atoms with Crippen molar-refractivity contribution >= 4 is 42.3 Å². The first-order valence-electron chi connectivity index (χ1n) is 5.62. The van der Waals surface area contributed by atoms with Crippen molar-refractivity contribution in [3.05, 3.63) is 36.4 Å². The third kappa shape index (κ3) is 3.35. The van der Waals surface area contributed by atoms with Crippen LogP contribution in [0.25, 0.3) is 10.8 Å². The molecule has 0 atom stereocenters. The van der Waals surface area contributed by atoms with Crippen molar-refractivity contribution in [1.82, 2.24) is 0 Å². The van der Waals surface area contributed by atoms with E-state index in [0.717, 1.165) is 11.1 Å². The van der Waals surface area contributed by atoms with Gasteiger partial charge in [-0.1, -0.05) is 24.3 Å². The summed E-state index contributed by atoms with van der Waals surface area (Å²) >= 11 is 1.69. The summed E-state index contributed by atoms with van der Waals surface area (Å²) in [4.78, 5) is 0.113. The first kappa shape index (κ1) is 14.5. The van der Waals surface area contributed by atoms with Crippen molar-refractivity contribution in [2.45, 2.75) is 4.90 Å². The summed E-state index contributed by atoms with van der Waals surface area (Å²) in [6, 6.07) is 10.3. The molecule has 19 heavy (non-hydrogen) atoms. The van der Waals surface area contributed by atoms with E-state index in [0.29, 0.717) is 17.7 Å². The van der Waals surface area contributed by atoms with Crippen molar-refractivity contribution < 1.29 is 13.2 Å². The number of rotatable bonds is 5. The molecule has 0 bridgehead atoms. The van der Waals surface area contributed by atoms with E-state index in [9.17, 15) is 8.42 Å². The second-order valence-corrected chi connectivity index (χ2v) is 7.41. The SMILES string of the molecule is CSCCOc1ccc(S(=O)(=O)Cl)c2ccccc12. The summed E-state index contributed by atoms with van der Waals surface area (Å²) in [6.07, 6.45) is 2.00. The highest BCUT2D eigenvalue weighted by molar-refractivity contribution is 8.14. The minimum atomic E-state index is -3.76. The van der Waals surface area contributed by atoms with Crippen LogP contribution < -0.4 is 4.74 Å². The number of hydrogen-bond acceptors (Lipinski definition) is 4. The summed E-state index contributed by atoms with van der Waals surface area (Å²) < 4.78 is 28.7. The average Bonchev–Trinajstić information content (AvgIpc) is 2.37. The standard InChI is InChI=1S/C13H13ClO3S2/c1-18-9-8-17-12-6-7-13(19(14,15)16)11-5-3-2-4-10(11)12/h2-7H,8-9H2,1H3. The monoisotopic (exact) mass is 316 g/mol. The van der Waals surface area contributed by atoms with Crippen molar-refractivity contribution in [3.63, 3.8) is 0 Å². The van der Waals surface area contributed by atoms with Crippen molar-refractivity contribution in [1.29, 1.82) is 0 Å². The van der Waals surface area contributed by atoms with Gasteiger partial charge in [0, 0.05) is 27.2 Å². The summed E-state index contributed by atoms with van der Waals surface area (Å²) in [5, 5.41) is 1.34. The van der Waals surface area contributed by atoms with Crippen LogP contribution in [0.2, 0.25) is 0 Å². The zero-order valence-electron chi connectivity index (χ0n) is 10.3. The number of thioether (sulfide) groups is 1. The molecule has 0 aromatic heterocycles. The molecule has 0 aliphatic carbocycles. The Morgan fingerprint density at radius 2 is 1.84 bits per heavy atom. The maximum atomic E-state index is 11.5. The third-order valence-electron chi connectivity index (χ3n) is 2.65. The van der Waals surface area contributed by atoms with E-state index in [2.05, 4.69) is 0 Å². The molecular weight excluding hydrogens is 304 g/mol. The number of fused-ring (bicyclic) bond motifs is 1. The molecule has 0 saturated carbocycles. The number of halogens is 1. The van der Waals surface area contributed by atoms with Gasteiger partial charge >= 0.3 is 0 Å². The Morgan fingerprint density at radius 3 is 2.47 bits per heavy atom. The fourth-order valence-corrected chi connectivity index (χ4v) is 3.14. The maximum absolute atomic E-state index is 11.5. The maximum Gasteiger partial charge on any atom is 0.261 e. The van der Waals surface area contributed by atoms with Gasteiger partial charge in [-0.15, -0.1) is 0 Å². The predicted molar refractivity (Wildman–Crippen MR) is 80.9 cm³/mol. The average molecular weight is 317 g/mol. The van der Waals surface area contributed by atoms with Gasteiger partial charge in [0.1, 0.15) is 5.75 Å². The van der Waals surface area contributed by atoms with Gasteiger partial charge in [0.05, 0.1) is 11.5 Å². The lowest BCUT2D eigenvalue weighted by molar-refractivity contribution is 0.348. The Morgan fingerprint density at radius 1 is 1.16 bits per heavy atom. The quantitative estimate of drug-likeness (QED) is 0.625. The molecule has 0 amide bonds.